The molecule has 1 aromatic heterocycles. The summed E-state index contributed by atoms with van der Waals surface area (Å²) in [5.74, 6) is -3.30. The Balaban J connectivity index is 1.85. The summed E-state index contributed by atoms with van der Waals surface area (Å²) < 4.78 is 27.6. The lowest BCUT2D eigenvalue weighted by molar-refractivity contribution is -0.245. The summed E-state index contributed by atoms with van der Waals surface area (Å²) in [5, 5.41) is 0. The van der Waals surface area contributed by atoms with Crippen molar-refractivity contribution in [3.63, 3.8) is 0 Å². The summed E-state index contributed by atoms with van der Waals surface area (Å²) in [6.07, 6.45) is 2.54. The molecule has 8 atom stereocenters. The minimum absolute atomic E-state index is 0.174. The SMILES string of the molecule is COC(=O)[C@@H]1C[C@H](OC(C)=O)C(OC(C)=O)C2[C@@]3(C)C[C@@H](c4ccoc4)OC(=O)[C@H]3CC[C@]21C. The Labute approximate surface area is 198 Å². The van der Waals surface area contributed by atoms with Gasteiger partial charge < -0.3 is 23.4 Å². The first kappa shape index (κ1) is 24.3. The molecule has 1 saturated heterocycles. The highest BCUT2D eigenvalue weighted by molar-refractivity contribution is 5.77. The van der Waals surface area contributed by atoms with Gasteiger partial charge in [-0.1, -0.05) is 13.8 Å². The molecule has 34 heavy (non-hydrogen) atoms. The van der Waals surface area contributed by atoms with Gasteiger partial charge in [-0.25, -0.2) is 0 Å². The lowest BCUT2D eigenvalue weighted by Crippen LogP contribution is -2.66. The highest BCUT2D eigenvalue weighted by Gasteiger charge is 2.68. The molecule has 0 spiro atoms. The van der Waals surface area contributed by atoms with Crippen molar-refractivity contribution in [3.05, 3.63) is 24.2 Å². The second-order valence-corrected chi connectivity index (χ2v) is 10.3. The van der Waals surface area contributed by atoms with E-state index in [1.807, 2.05) is 13.8 Å². The fourth-order valence-corrected chi connectivity index (χ4v) is 7.04. The normalized spacial score (nSPS) is 39.1. The molecular formula is C25H32O9. The number of methoxy groups -OCH3 is 1. The van der Waals surface area contributed by atoms with Gasteiger partial charge in [-0.2, -0.15) is 0 Å². The van der Waals surface area contributed by atoms with Gasteiger partial charge in [0.2, 0.25) is 0 Å². The number of ether oxygens (including phenoxy) is 4. The zero-order valence-corrected chi connectivity index (χ0v) is 20.2. The number of cyclic esters (lactones) is 1. The third-order valence-electron chi connectivity index (χ3n) is 8.34. The average molecular weight is 477 g/mol. The van der Waals surface area contributed by atoms with Crippen molar-refractivity contribution < 1.29 is 42.5 Å². The van der Waals surface area contributed by atoms with E-state index in [4.69, 9.17) is 23.4 Å². The molecular weight excluding hydrogens is 444 g/mol. The van der Waals surface area contributed by atoms with Crippen molar-refractivity contribution in [2.45, 2.75) is 71.7 Å². The highest BCUT2D eigenvalue weighted by atomic mass is 16.6. The van der Waals surface area contributed by atoms with Crippen LogP contribution in [0.3, 0.4) is 0 Å². The van der Waals surface area contributed by atoms with Crippen LogP contribution in [0.2, 0.25) is 0 Å². The van der Waals surface area contributed by atoms with Crippen molar-refractivity contribution in [1.29, 1.82) is 0 Å². The van der Waals surface area contributed by atoms with E-state index in [2.05, 4.69) is 0 Å². The monoisotopic (exact) mass is 476 g/mol. The first-order chi connectivity index (χ1) is 16.0. The van der Waals surface area contributed by atoms with Gasteiger partial charge in [0.25, 0.3) is 0 Å². The standard InChI is InChI=1S/C25H32O9/c1-13(26)32-18-10-17(22(28)30-5)24(3)8-6-16-23(29)34-19(15-7-9-31-12-15)11-25(16,4)21(24)20(18)33-14(2)27/h7,9,12,16-21H,6,8,10-11H2,1-5H3/t16-,17+,18+,19+,20?,21?,24+,25+/m1/s1. The molecule has 0 aromatic carbocycles. The minimum atomic E-state index is -0.843. The van der Waals surface area contributed by atoms with Gasteiger partial charge in [-0.05, 0) is 36.2 Å². The number of furan rings is 1. The van der Waals surface area contributed by atoms with Crippen molar-refractivity contribution in [2.75, 3.05) is 7.11 Å². The van der Waals surface area contributed by atoms with E-state index in [0.717, 1.165) is 5.56 Å². The van der Waals surface area contributed by atoms with Crippen molar-refractivity contribution >= 4 is 23.9 Å². The maximum Gasteiger partial charge on any atom is 0.310 e. The van der Waals surface area contributed by atoms with Crippen LogP contribution >= 0.6 is 0 Å². The molecule has 2 aliphatic carbocycles. The van der Waals surface area contributed by atoms with Gasteiger partial charge >= 0.3 is 23.9 Å². The maximum atomic E-state index is 13.2. The molecule has 2 unspecified atom stereocenters. The van der Waals surface area contributed by atoms with E-state index in [0.29, 0.717) is 19.3 Å². The molecule has 9 heteroatoms. The maximum absolute atomic E-state index is 13.2. The Bertz CT molecular complexity index is 969. The molecule has 2 heterocycles. The van der Waals surface area contributed by atoms with Crippen molar-refractivity contribution in [1.82, 2.24) is 0 Å². The smallest absolute Gasteiger partial charge is 0.310 e. The van der Waals surface area contributed by atoms with Crippen LogP contribution in [-0.4, -0.2) is 43.2 Å². The van der Waals surface area contributed by atoms with Gasteiger partial charge in [-0.15, -0.1) is 0 Å². The third-order valence-corrected chi connectivity index (χ3v) is 8.34. The molecule has 9 nitrogen and oxygen atoms in total. The molecule has 1 aromatic rings. The first-order valence-electron chi connectivity index (χ1n) is 11.7. The molecule has 0 radical (unpaired) electrons. The topological polar surface area (TPSA) is 118 Å². The van der Waals surface area contributed by atoms with Gasteiger partial charge in [0.15, 0.2) is 0 Å². The minimum Gasteiger partial charge on any atom is -0.472 e. The van der Waals surface area contributed by atoms with Crippen LogP contribution in [-0.2, 0) is 38.1 Å². The number of esters is 4. The van der Waals surface area contributed by atoms with Crippen molar-refractivity contribution in [3.8, 4) is 0 Å². The lowest BCUT2D eigenvalue weighted by Gasteiger charge is -2.63. The molecule has 2 saturated carbocycles. The van der Waals surface area contributed by atoms with Crippen LogP contribution in [0.15, 0.2) is 23.0 Å². The number of carbonyl (C=O) groups is 4. The molecule has 1 aliphatic heterocycles. The van der Waals surface area contributed by atoms with E-state index >= 15 is 0 Å². The summed E-state index contributed by atoms with van der Waals surface area (Å²) in [4.78, 5) is 50.4. The fourth-order valence-electron chi connectivity index (χ4n) is 7.04. The molecule has 0 amide bonds. The van der Waals surface area contributed by atoms with Crippen LogP contribution in [0.4, 0.5) is 0 Å². The Hall–Kier alpha value is -2.84. The van der Waals surface area contributed by atoms with Gasteiger partial charge in [-0.3, -0.25) is 19.2 Å². The predicted molar refractivity (Wildman–Crippen MR) is 116 cm³/mol. The van der Waals surface area contributed by atoms with E-state index < -0.39 is 64.8 Å². The van der Waals surface area contributed by atoms with Crippen LogP contribution in [0.1, 0.15) is 65.0 Å². The molecule has 4 rings (SSSR count). The van der Waals surface area contributed by atoms with Crippen LogP contribution in [0.5, 0.6) is 0 Å². The van der Waals surface area contributed by atoms with Gasteiger partial charge in [0.1, 0.15) is 18.3 Å². The number of carbonyl (C=O) groups excluding carboxylic acids is 4. The quantitative estimate of drug-likeness (QED) is 0.476. The van der Waals surface area contributed by atoms with E-state index in [1.165, 1.54) is 27.2 Å². The summed E-state index contributed by atoms with van der Waals surface area (Å²) in [6.45, 7) is 6.58. The molecule has 186 valence electrons. The Morgan fingerprint density at radius 1 is 1.09 bits per heavy atom. The predicted octanol–water partition coefficient (Wildman–Crippen LogP) is 3.36. The van der Waals surface area contributed by atoms with Gasteiger partial charge in [0, 0.05) is 31.7 Å². The Kier molecular flexibility index (Phi) is 6.25. The first-order valence-corrected chi connectivity index (χ1v) is 11.7. The third kappa shape index (κ3) is 3.88. The summed E-state index contributed by atoms with van der Waals surface area (Å²) in [5.41, 5.74) is -0.635. The van der Waals surface area contributed by atoms with E-state index in [9.17, 15) is 19.2 Å². The van der Waals surface area contributed by atoms with Crippen LogP contribution < -0.4 is 0 Å². The van der Waals surface area contributed by atoms with E-state index in [-0.39, 0.29) is 12.4 Å². The Morgan fingerprint density at radius 3 is 2.38 bits per heavy atom. The molecule has 0 N–H and O–H groups in total. The van der Waals surface area contributed by atoms with E-state index in [1.54, 1.807) is 12.3 Å². The summed E-state index contributed by atoms with van der Waals surface area (Å²) in [6, 6.07) is 1.76. The molecule has 3 aliphatic rings. The van der Waals surface area contributed by atoms with Crippen LogP contribution in [0, 0.1) is 28.6 Å². The zero-order chi connectivity index (χ0) is 24.8. The number of hydrogen-bond acceptors (Lipinski definition) is 9. The van der Waals surface area contributed by atoms with Crippen molar-refractivity contribution in [2.24, 2.45) is 28.6 Å². The largest absolute Gasteiger partial charge is 0.472 e. The summed E-state index contributed by atoms with van der Waals surface area (Å²) in [7, 11) is 1.33. The zero-order valence-electron chi connectivity index (χ0n) is 20.2. The average Bonchev–Trinajstić information content (AvgIpc) is 3.28. The van der Waals surface area contributed by atoms with Gasteiger partial charge in [0.05, 0.1) is 31.5 Å². The number of rotatable bonds is 4. The molecule has 3 fully saturated rings. The number of hydrogen-bond donors (Lipinski definition) is 0. The second-order valence-electron chi connectivity index (χ2n) is 10.3. The highest BCUT2D eigenvalue weighted by Crippen LogP contribution is 2.66. The fraction of sp³-hybridized carbons (Fsp3) is 0.680. The Morgan fingerprint density at radius 2 is 1.79 bits per heavy atom. The second kappa shape index (κ2) is 8.74. The van der Waals surface area contributed by atoms with Crippen LogP contribution in [0.25, 0.3) is 0 Å². The molecule has 0 bridgehead atoms. The lowest BCUT2D eigenvalue weighted by atomic mass is 9.42. The summed E-state index contributed by atoms with van der Waals surface area (Å²) >= 11 is 0. The number of fused-ring (bicyclic) bond motifs is 3.